The van der Waals surface area contributed by atoms with Crippen LogP contribution in [0, 0.1) is 5.92 Å². The maximum atomic E-state index is 11.9. The second-order valence-electron chi connectivity index (χ2n) is 5.66. The fourth-order valence-electron chi connectivity index (χ4n) is 2.62. The lowest BCUT2D eigenvalue weighted by Gasteiger charge is -2.34. The van der Waals surface area contributed by atoms with E-state index < -0.39 is 0 Å². The molecule has 0 aromatic rings. The molecular weight excluding hydrogens is 254 g/mol. The van der Waals surface area contributed by atoms with Crippen molar-refractivity contribution in [1.82, 2.24) is 15.1 Å². The Bertz CT molecular complexity index is 301. The molecule has 1 aliphatic heterocycles. The predicted octanol–water partition coefficient (Wildman–Crippen LogP) is 0.313. The molecule has 1 atom stereocenters. The number of β-amino-alcohol motifs (C(OH)–C–C–N with tert-alkyl or cyclic N) is 1. The van der Waals surface area contributed by atoms with Gasteiger partial charge in [0.2, 0.25) is 5.91 Å². The van der Waals surface area contributed by atoms with Crippen molar-refractivity contribution >= 4 is 5.91 Å². The zero-order chi connectivity index (χ0) is 15.0. The number of aliphatic hydroxyl groups excluding tert-OH is 1. The van der Waals surface area contributed by atoms with Crippen molar-refractivity contribution in [1.29, 1.82) is 0 Å². The summed E-state index contributed by atoms with van der Waals surface area (Å²) in [5, 5.41) is 11.8. The highest BCUT2D eigenvalue weighted by molar-refractivity contribution is 5.81. The van der Waals surface area contributed by atoms with Crippen molar-refractivity contribution in [2.75, 3.05) is 46.4 Å². The van der Waals surface area contributed by atoms with Gasteiger partial charge in [-0.3, -0.25) is 9.69 Å². The molecule has 1 saturated heterocycles. The molecule has 0 bridgehead atoms. The third-order valence-electron chi connectivity index (χ3n) is 4.13. The van der Waals surface area contributed by atoms with E-state index in [2.05, 4.69) is 21.7 Å². The van der Waals surface area contributed by atoms with Crippen LogP contribution in [0.2, 0.25) is 0 Å². The van der Waals surface area contributed by atoms with Gasteiger partial charge in [-0.15, -0.1) is 6.58 Å². The lowest BCUT2D eigenvalue weighted by atomic mass is 9.96. The number of nitrogens with one attached hydrogen (secondary N) is 1. The molecule has 1 rings (SSSR count). The van der Waals surface area contributed by atoms with Gasteiger partial charge in [0.25, 0.3) is 0 Å². The van der Waals surface area contributed by atoms with Crippen LogP contribution in [0.5, 0.6) is 0 Å². The first-order valence-electron chi connectivity index (χ1n) is 7.50. The number of aliphatic hydroxyl groups is 1. The van der Waals surface area contributed by atoms with Crippen LogP contribution >= 0.6 is 0 Å². The number of hydrogen-bond donors (Lipinski definition) is 2. The lowest BCUT2D eigenvalue weighted by molar-refractivity contribution is -0.125. The van der Waals surface area contributed by atoms with E-state index in [1.165, 1.54) is 0 Å². The third kappa shape index (κ3) is 5.61. The molecule has 0 saturated carbocycles. The van der Waals surface area contributed by atoms with Crippen LogP contribution in [-0.4, -0.2) is 73.2 Å². The van der Waals surface area contributed by atoms with Crippen LogP contribution in [0.3, 0.4) is 0 Å². The summed E-state index contributed by atoms with van der Waals surface area (Å²) in [6, 6.07) is -0.106. The summed E-state index contributed by atoms with van der Waals surface area (Å²) < 4.78 is 0. The Hall–Kier alpha value is -0.910. The molecule has 0 aliphatic carbocycles. The van der Waals surface area contributed by atoms with E-state index in [-0.39, 0.29) is 18.6 Å². The van der Waals surface area contributed by atoms with E-state index in [1.807, 2.05) is 14.0 Å². The molecule has 0 unspecified atom stereocenters. The van der Waals surface area contributed by atoms with Crippen molar-refractivity contribution in [2.24, 2.45) is 5.92 Å². The summed E-state index contributed by atoms with van der Waals surface area (Å²) in [6.07, 6.45) is 3.98. The fourth-order valence-corrected chi connectivity index (χ4v) is 2.62. The number of likely N-dealkylation sites (N-methyl/N-ethyl adjacent to an activating group) is 1. The van der Waals surface area contributed by atoms with Gasteiger partial charge < -0.3 is 15.3 Å². The minimum atomic E-state index is -0.106. The van der Waals surface area contributed by atoms with Crippen molar-refractivity contribution < 1.29 is 9.90 Å². The van der Waals surface area contributed by atoms with E-state index >= 15 is 0 Å². The van der Waals surface area contributed by atoms with Crippen LogP contribution in [0.1, 0.15) is 19.8 Å². The van der Waals surface area contributed by atoms with E-state index in [4.69, 9.17) is 5.11 Å². The summed E-state index contributed by atoms with van der Waals surface area (Å²) in [5.41, 5.74) is 0. The summed E-state index contributed by atoms with van der Waals surface area (Å²) in [7, 11) is 2.01. The van der Waals surface area contributed by atoms with Gasteiger partial charge in [0.1, 0.15) is 0 Å². The van der Waals surface area contributed by atoms with E-state index in [0.29, 0.717) is 12.5 Å². The number of rotatable bonds is 8. The van der Waals surface area contributed by atoms with E-state index in [9.17, 15) is 4.79 Å². The van der Waals surface area contributed by atoms with Gasteiger partial charge in [0, 0.05) is 19.6 Å². The monoisotopic (exact) mass is 283 g/mol. The SMILES string of the molecule is C=CCNC(=O)[C@H](C)N(C)CC1CCN(CCO)CC1. The molecule has 1 heterocycles. The first-order valence-corrected chi connectivity index (χ1v) is 7.50. The van der Waals surface area contributed by atoms with Gasteiger partial charge in [0.15, 0.2) is 0 Å². The second-order valence-corrected chi connectivity index (χ2v) is 5.66. The number of likely N-dealkylation sites (tertiary alicyclic amines) is 1. The average molecular weight is 283 g/mol. The molecule has 1 fully saturated rings. The number of piperidine rings is 1. The highest BCUT2D eigenvalue weighted by Gasteiger charge is 2.23. The second kappa shape index (κ2) is 9.10. The Morgan fingerprint density at radius 3 is 2.75 bits per heavy atom. The maximum Gasteiger partial charge on any atom is 0.237 e. The highest BCUT2D eigenvalue weighted by atomic mass is 16.3. The zero-order valence-corrected chi connectivity index (χ0v) is 12.8. The summed E-state index contributed by atoms with van der Waals surface area (Å²) in [5.74, 6) is 0.703. The normalized spacial score (nSPS) is 19.0. The summed E-state index contributed by atoms with van der Waals surface area (Å²) >= 11 is 0. The smallest absolute Gasteiger partial charge is 0.237 e. The quantitative estimate of drug-likeness (QED) is 0.630. The molecule has 1 aliphatic rings. The molecule has 5 nitrogen and oxygen atoms in total. The molecule has 116 valence electrons. The van der Waals surface area contributed by atoms with Gasteiger partial charge in [-0.05, 0) is 45.8 Å². The number of carbonyl (C=O) groups is 1. The maximum absolute atomic E-state index is 11.9. The highest BCUT2D eigenvalue weighted by Crippen LogP contribution is 2.18. The van der Waals surface area contributed by atoms with Crippen LogP contribution in [0.25, 0.3) is 0 Å². The molecule has 20 heavy (non-hydrogen) atoms. The zero-order valence-electron chi connectivity index (χ0n) is 12.8. The van der Waals surface area contributed by atoms with Crippen LogP contribution in [-0.2, 0) is 4.79 Å². The van der Waals surface area contributed by atoms with Gasteiger partial charge in [-0.25, -0.2) is 0 Å². The van der Waals surface area contributed by atoms with Crippen molar-refractivity contribution in [3.8, 4) is 0 Å². The minimum absolute atomic E-state index is 0.0603. The van der Waals surface area contributed by atoms with Crippen LogP contribution < -0.4 is 5.32 Å². The van der Waals surface area contributed by atoms with Gasteiger partial charge in [-0.1, -0.05) is 6.08 Å². The van der Waals surface area contributed by atoms with Gasteiger partial charge >= 0.3 is 0 Å². The molecule has 1 amide bonds. The van der Waals surface area contributed by atoms with E-state index in [1.54, 1.807) is 6.08 Å². The lowest BCUT2D eigenvalue weighted by Crippen LogP contribution is -2.46. The summed E-state index contributed by atoms with van der Waals surface area (Å²) in [6.45, 7) is 10.1. The number of carbonyl (C=O) groups excluding carboxylic acids is 1. The van der Waals surface area contributed by atoms with Crippen molar-refractivity contribution in [3.05, 3.63) is 12.7 Å². The topological polar surface area (TPSA) is 55.8 Å². The molecule has 2 N–H and O–H groups in total. The van der Waals surface area contributed by atoms with Crippen molar-refractivity contribution in [2.45, 2.75) is 25.8 Å². The van der Waals surface area contributed by atoms with E-state index in [0.717, 1.165) is 39.0 Å². The molecule has 0 aromatic heterocycles. The number of amides is 1. The number of hydrogen-bond acceptors (Lipinski definition) is 4. The fraction of sp³-hybridized carbons (Fsp3) is 0.800. The molecule has 5 heteroatoms. The summed E-state index contributed by atoms with van der Waals surface area (Å²) in [4.78, 5) is 16.3. The molecule has 0 aromatic carbocycles. The first kappa shape index (κ1) is 17.1. The largest absolute Gasteiger partial charge is 0.395 e. The van der Waals surface area contributed by atoms with Gasteiger partial charge in [0.05, 0.1) is 12.6 Å². The predicted molar refractivity (Wildman–Crippen MR) is 81.5 cm³/mol. The Balaban J connectivity index is 2.30. The van der Waals surface area contributed by atoms with Gasteiger partial charge in [-0.2, -0.15) is 0 Å². The minimum Gasteiger partial charge on any atom is -0.395 e. The Morgan fingerprint density at radius 2 is 2.20 bits per heavy atom. The number of nitrogens with zero attached hydrogens (tertiary/aromatic N) is 2. The average Bonchev–Trinajstić information content (AvgIpc) is 2.46. The third-order valence-corrected chi connectivity index (χ3v) is 4.13. The molecule has 0 radical (unpaired) electrons. The van der Waals surface area contributed by atoms with Crippen LogP contribution in [0.15, 0.2) is 12.7 Å². The molecule has 0 spiro atoms. The Kier molecular flexibility index (Phi) is 7.80. The van der Waals surface area contributed by atoms with Crippen LogP contribution in [0.4, 0.5) is 0 Å². The standard InChI is InChI=1S/C15H29N3O2/c1-4-7-16-15(20)13(2)17(3)12-14-5-8-18(9-6-14)10-11-19/h4,13-14,19H,1,5-12H2,2-3H3,(H,16,20)/t13-/m0/s1. The molecular formula is C15H29N3O2. The Labute approximate surface area is 122 Å². The first-order chi connectivity index (χ1) is 9.58. The Morgan fingerprint density at radius 1 is 1.55 bits per heavy atom. The van der Waals surface area contributed by atoms with Crippen molar-refractivity contribution in [3.63, 3.8) is 0 Å².